The fourth-order valence-corrected chi connectivity index (χ4v) is 2.26. The first-order chi connectivity index (χ1) is 9.28. The molecule has 0 bridgehead atoms. The Labute approximate surface area is 116 Å². The molecule has 0 unspecified atom stereocenters. The van der Waals surface area contributed by atoms with E-state index in [0.29, 0.717) is 18.3 Å². The van der Waals surface area contributed by atoms with Gasteiger partial charge in [-0.2, -0.15) is 9.97 Å². The van der Waals surface area contributed by atoms with Gasteiger partial charge in [0.25, 0.3) is 0 Å². The molecule has 6 heteroatoms. The van der Waals surface area contributed by atoms with Crippen molar-refractivity contribution in [2.75, 3.05) is 24.2 Å². The van der Waals surface area contributed by atoms with E-state index in [4.69, 9.17) is 10.5 Å². The van der Waals surface area contributed by atoms with Gasteiger partial charge in [0.2, 0.25) is 11.8 Å². The molecule has 2 aromatic rings. The minimum atomic E-state index is 0.229. The van der Waals surface area contributed by atoms with Crippen LogP contribution in [-0.2, 0) is 6.42 Å². The van der Waals surface area contributed by atoms with Crippen LogP contribution in [0.25, 0.3) is 0 Å². The van der Waals surface area contributed by atoms with E-state index in [2.05, 4.69) is 33.7 Å². The van der Waals surface area contributed by atoms with Crippen LogP contribution in [0, 0.1) is 0 Å². The minimum absolute atomic E-state index is 0.229. The van der Waals surface area contributed by atoms with Gasteiger partial charge in [0, 0.05) is 23.9 Å². The summed E-state index contributed by atoms with van der Waals surface area (Å²) in [5, 5.41) is 5.23. The number of nitrogen functional groups attached to an aromatic ring is 1. The topological polar surface area (TPSA) is 73.1 Å². The van der Waals surface area contributed by atoms with Crippen molar-refractivity contribution in [1.82, 2.24) is 9.97 Å². The van der Waals surface area contributed by atoms with Gasteiger partial charge < -0.3 is 15.8 Å². The summed E-state index contributed by atoms with van der Waals surface area (Å²) in [5.41, 5.74) is 5.66. The summed E-state index contributed by atoms with van der Waals surface area (Å²) in [6, 6.07) is 5.91. The lowest BCUT2D eigenvalue weighted by molar-refractivity contribution is 0.310. The Morgan fingerprint density at radius 1 is 1.42 bits per heavy atom. The van der Waals surface area contributed by atoms with Crippen molar-refractivity contribution in [2.24, 2.45) is 0 Å². The Balaban J connectivity index is 1.90. The number of nitrogens with two attached hydrogens (primary N) is 1. The second-order valence-electron chi connectivity index (χ2n) is 4.05. The zero-order valence-electron chi connectivity index (χ0n) is 10.9. The summed E-state index contributed by atoms with van der Waals surface area (Å²) in [5.74, 6) is 1.45. The predicted molar refractivity (Wildman–Crippen MR) is 78.7 cm³/mol. The smallest absolute Gasteiger partial charge is 0.225 e. The fourth-order valence-electron chi connectivity index (χ4n) is 1.57. The van der Waals surface area contributed by atoms with Crippen LogP contribution in [0.3, 0.4) is 0 Å². The van der Waals surface area contributed by atoms with E-state index >= 15 is 0 Å². The molecule has 0 aliphatic heterocycles. The molecule has 0 aliphatic rings. The molecule has 0 saturated heterocycles. The van der Waals surface area contributed by atoms with Gasteiger partial charge in [-0.15, -0.1) is 11.3 Å². The number of thiophene rings is 1. The molecule has 3 N–H and O–H groups in total. The minimum Gasteiger partial charge on any atom is -0.477 e. The Morgan fingerprint density at radius 3 is 3.05 bits per heavy atom. The SMILES string of the molecule is CCCNc1cc(OCCc2cccs2)nc(N)n1. The van der Waals surface area contributed by atoms with Gasteiger partial charge in [0.05, 0.1) is 6.61 Å². The molecule has 19 heavy (non-hydrogen) atoms. The Kier molecular flexibility index (Phi) is 4.97. The maximum absolute atomic E-state index is 5.66. The molecule has 2 heterocycles. The maximum atomic E-state index is 5.66. The molecule has 0 saturated carbocycles. The third-order valence-electron chi connectivity index (χ3n) is 2.45. The highest BCUT2D eigenvalue weighted by Gasteiger charge is 2.03. The monoisotopic (exact) mass is 278 g/mol. The maximum Gasteiger partial charge on any atom is 0.225 e. The number of hydrogen-bond donors (Lipinski definition) is 2. The standard InChI is InChI=1S/C13H18N4OS/c1-2-6-15-11-9-12(17-13(14)16-11)18-7-5-10-4-3-8-19-10/h3-4,8-9H,2,5-7H2,1H3,(H3,14,15,16,17). The zero-order chi connectivity index (χ0) is 13.5. The van der Waals surface area contributed by atoms with E-state index in [1.54, 1.807) is 17.4 Å². The first-order valence-electron chi connectivity index (χ1n) is 6.31. The zero-order valence-corrected chi connectivity index (χ0v) is 11.7. The lowest BCUT2D eigenvalue weighted by atomic mass is 10.4. The summed E-state index contributed by atoms with van der Waals surface area (Å²) < 4.78 is 5.62. The number of aromatic nitrogens is 2. The molecule has 0 aromatic carbocycles. The van der Waals surface area contributed by atoms with Gasteiger partial charge in [-0.05, 0) is 17.9 Å². The van der Waals surface area contributed by atoms with Crippen LogP contribution in [0.2, 0.25) is 0 Å². The summed E-state index contributed by atoms with van der Waals surface area (Å²) in [7, 11) is 0. The lowest BCUT2D eigenvalue weighted by Gasteiger charge is -2.08. The lowest BCUT2D eigenvalue weighted by Crippen LogP contribution is -2.08. The average molecular weight is 278 g/mol. The van der Waals surface area contributed by atoms with Crippen LogP contribution in [0.1, 0.15) is 18.2 Å². The van der Waals surface area contributed by atoms with Gasteiger partial charge >= 0.3 is 0 Å². The van der Waals surface area contributed by atoms with Crippen LogP contribution < -0.4 is 15.8 Å². The highest BCUT2D eigenvalue weighted by atomic mass is 32.1. The number of rotatable bonds is 7. The summed E-state index contributed by atoms with van der Waals surface area (Å²) >= 11 is 1.73. The van der Waals surface area contributed by atoms with E-state index in [-0.39, 0.29) is 5.95 Å². The highest BCUT2D eigenvalue weighted by molar-refractivity contribution is 7.09. The van der Waals surface area contributed by atoms with E-state index in [1.165, 1.54) is 4.88 Å². The molecule has 0 fully saturated rings. The van der Waals surface area contributed by atoms with Crippen molar-refractivity contribution in [1.29, 1.82) is 0 Å². The molecule has 0 atom stereocenters. The van der Waals surface area contributed by atoms with Crippen molar-refractivity contribution >= 4 is 23.1 Å². The normalized spacial score (nSPS) is 10.4. The summed E-state index contributed by atoms with van der Waals surface area (Å²) in [4.78, 5) is 9.47. The molecule has 0 amide bonds. The average Bonchev–Trinajstić information content (AvgIpc) is 2.89. The second kappa shape index (κ2) is 6.94. The number of nitrogens with one attached hydrogen (secondary N) is 1. The third-order valence-corrected chi connectivity index (χ3v) is 3.39. The van der Waals surface area contributed by atoms with Crippen molar-refractivity contribution in [3.63, 3.8) is 0 Å². The van der Waals surface area contributed by atoms with Gasteiger partial charge in [0.1, 0.15) is 5.82 Å². The molecule has 102 valence electrons. The third kappa shape index (κ3) is 4.40. The number of nitrogens with zero attached hydrogens (tertiary/aromatic N) is 2. The van der Waals surface area contributed by atoms with Crippen molar-refractivity contribution in [2.45, 2.75) is 19.8 Å². The molecule has 0 spiro atoms. The molecular weight excluding hydrogens is 260 g/mol. The van der Waals surface area contributed by atoms with Gasteiger partial charge in [-0.25, -0.2) is 0 Å². The van der Waals surface area contributed by atoms with Crippen LogP contribution in [0.5, 0.6) is 5.88 Å². The van der Waals surface area contributed by atoms with Crippen molar-refractivity contribution in [3.05, 3.63) is 28.5 Å². The summed E-state index contributed by atoms with van der Waals surface area (Å²) in [6.07, 6.45) is 1.90. The highest BCUT2D eigenvalue weighted by Crippen LogP contribution is 2.16. The largest absolute Gasteiger partial charge is 0.477 e. The van der Waals surface area contributed by atoms with E-state index < -0.39 is 0 Å². The van der Waals surface area contributed by atoms with Crippen molar-refractivity contribution in [3.8, 4) is 5.88 Å². The molecule has 2 rings (SSSR count). The summed E-state index contributed by atoms with van der Waals surface area (Å²) in [6.45, 7) is 3.53. The Bertz CT molecular complexity index is 501. The fraction of sp³-hybridized carbons (Fsp3) is 0.385. The van der Waals surface area contributed by atoms with Crippen LogP contribution in [0.4, 0.5) is 11.8 Å². The number of anilines is 2. The van der Waals surface area contributed by atoms with Gasteiger partial charge in [-0.3, -0.25) is 0 Å². The number of hydrogen-bond acceptors (Lipinski definition) is 6. The quantitative estimate of drug-likeness (QED) is 0.814. The Hall–Kier alpha value is -1.82. The molecule has 0 aliphatic carbocycles. The van der Waals surface area contributed by atoms with E-state index in [1.807, 2.05) is 6.07 Å². The van der Waals surface area contributed by atoms with Crippen molar-refractivity contribution < 1.29 is 4.74 Å². The first kappa shape index (κ1) is 13.6. The first-order valence-corrected chi connectivity index (χ1v) is 7.19. The van der Waals surface area contributed by atoms with Crippen LogP contribution in [-0.4, -0.2) is 23.1 Å². The van der Waals surface area contributed by atoms with E-state index in [0.717, 1.165) is 19.4 Å². The molecule has 2 aromatic heterocycles. The van der Waals surface area contributed by atoms with Gasteiger partial charge in [-0.1, -0.05) is 13.0 Å². The van der Waals surface area contributed by atoms with Crippen LogP contribution >= 0.6 is 11.3 Å². The Morgan fingerprint density at radius 2 is 2.32 bits per heavy atom. The molecular formula is C13H18N4OS. The van der Waals surface area contributed by atoms with Crippen LogP contribution in [0.15, 0.2) is 23.6 Å². The van der Waals surface area contributed by atoms with Gasteiger partial charge in [0.15, 0.2) is 0 Å². The molecule has 0 radical (unpaired) electrons. The van der Waals surface area contributed by atoms with E-state index in [9.17, 15) is 0 Å². The second-order valence-corrected chi connectivity index (χ2v) is 5.09. The number of ether oxygens (including phenoxy) is 1. The predicted octanol–water partition coefficient (Wildman–Crippen LogP) is 2.56. The molecule has 5 nitrogen and oxygen atoms in total.